The highest BCUT2D eigenvalue weighted by Gasteiger charge is 2.24. The number of rotatable bonds is 7. The number of ether oxygens (including phenoxy) is 1. The Hall–Kier alpha value is -5.10. The van der Waals surface area contributed by atoms with E-state index in [1.54, 1.807) is 0 Å². The molecule has 2 heterocycles. The topological polar surface area (TPSA) is 73.5 Å². The first kappa shape index (κ1) is 30.4. The van der Waals surface area contributed by atoms with Crippen LogP contribution in [0.5, 0.6) is 0 Å². The molecule has 0 aliphatic carbocycles. The van der Waals surface area contributed by atoms with Crippen LogP contribution in [-0.4, -0.2) is 32.8 Å². The van der Waals surface area contributed by atoms with Gasteiger partial charge in [0.25, 0.3) is 0 Å². The fourth-order valence-electron chi connectivity index (χ4n) is 6.27. The normalized spacial score (nSPS) is 12.4. The van der Waals surface area contributed by atoms with E-state index in [2.05, 4.69) is 53.3 Å². The summed E-state index contributed by atoms with van der Waals surface area (Å²) in [4.78, 5) is 24.0. The Morgan fingerprint density at radius 1 is 0.636 bits per heavy atom. The predicted molar refractivity (Wildman–Crippen MR) is 177 cm³/mol. The molecule has 0 spiro atoms. The van der Waals surface area contributed by atoms with Gasteiger partial charge in [-0.2, -0.15) is 0 Å². The van der Waals surface area contributed by atoms with Gasteiger partial charge in [-0.1, -0.05) is 97.1 Å². The number of carbonyl (C=O) groups excluding carboxylic acids is 1. The van der Waals surface area contributed by atoms with E-state index >= 15 is 0 Å². The lowest BCUT2D eigenvalue weighted by Crippen LogP contribution is -2.11. The molecule has 6 heteroatoms. The highest BCUT2D eigenvalue weighted by molar-refractivity contribution is 6.06. The second-order valence-corrected chi connectivity index (χ2v) is 10.9. The fraction of sp³-hybridized carbons (Fsp3) is 0.211. The zero-order chi connectivity index (χ0) is 31.4. The second kappa shape index (κ2) is 13.0. The summed E-state index contributed by atoms with van der Waals surface area (Å²) < 4.78 is 9.59. The lowest BCUT2D eigenvalue weighted by atomic mass is 10.1. The minimum atomic E-state index is -0.872. The lowest BCUT2D eigenvalue weighted by molar-refractivity contribution is 0.0527. The third kappa shape index (κ3) is 5.63. The summed E-state index contributed by atoms with van der Waals surface area (Å²) in [6, 6.07) is 36.4. The summed E-state index contributed by atoms with van der Waals surface area (Å²) in [5.74, 6) is -1.12. The van der Waals surface area contributed by atoms with Gasteiger partial charge in [0.2, 0.25) is 0 Å². The van der Waals surface area contributed by atoms with Crippen LogP contribution < -0.4 is 0 Å². The number of para-hydroxylation sites is 2. The summed E-state index contributed by atoms with van der Waals surface area (Å²) in [6.07, 6.45) is 0. The second-order valence-electron chi connectivity index (χ2n) is 10.9. The van der Waals surface area contributed by atoms with Gasteiger partial charge in [-0.3, -0.25) is 0 Å². The van der Waals surface area contributed by atoms with E-state index in [4.69, 9.17) is 4.74 Å². The van der Waals surface area contributed by atoms with Crippen LogP contribution in [0.25, 0.3) is 21.8 Å². The van der Waals surface area contributed by atoms with Gasteiger partial charge in [0.1, 0.15) is 0 Å². The van der Waals surface area contributed by atoms with Crippen molar-refractivity contribution in [1.29, 1.82) is 0 Å². The van der Waals surface area contributed by atoms with E-state index in [9.17, 15) is 14.7 Å². The summed E-state index contributed by atoms with van der Waals surface area (Å²) in [5.41, 5.74) is 7.21. The van der Waals surface area contributed by atoms with Crippen LogP contribution >= 0.6 is 0 Å². The van der Waals surface area contributed by atoms with Gasteiger partial charge >= 0.3 is 11.9 Å². The number of aromatic carboxylic acids is 1. The molecule has 0 saturated heterocycles. The van der Waals surface area contributed by atoms with Gasteiger partial charge in [0.05, 0.1) is 29.8 Å². The maximum Gasteiger partial charge on any atom is 0.340 e. The van der Waals surface area contributed by atoms with E-state index in [0.717, 1.165) is 33.2 Å². The molecule has 2 unspecified atom stereocenters. The van der Waals surface area contributed by atoms with Gasteiger partial charge in [-0.05, 0) is 57.9 Å². The van der Waals surface area contributed by atoms with Crippen LogP contribution in [0.3, 0.4) is 0 Å². The Morgan fingerprint density at radius 2 is 1.02 bits per heavy atom. The first-order valence-corrected chi connectivity index (χ1v) is 15.0. The summed E-state index contributed by atoms with van der Waals surface area (Å²) >= 11 is 0. The zero-order valence-electron chi connectivity index (χ0n) is 25.8. The van der Waals surface area contributed by atoms with Crippen LogP contribution in [0.15, 0.2) is 109 Å². The van der Waals surface area contributed by atoms with Gasteiger partial charge in [-0.15, -0.1) is 0 Å². The van der Waals surface area contributed by atoms with Crippen LogP contribution in [-0.2, 0) is 4.74 Å². The van der Waals surface area contributed by atoms with Crippen molar-refractivity contribution in [3.8, 4) is 0 Å². The Balaban J connectivity index is 0.000000175. The average molecular weight is 587 g/mol. The SMILES string of the molecule is CCOC(=O)c1c(C)n(C(C)c2ccccc2)c2ccccc12.Cc1c(C(=O)O)c2ccccc2n1C(C)c1ccccc1. The van der Waals surface area contributed by atoms with Crippen molar-refractivity contribution in [3.05, 3.63) is 143 Å². The molecule has 0 radical (unpaired) electrons. The molecular weight excluding hydrogens is 548 g/mol. The van der Waals surface area contributed by atoms with Gasteiger partial charge in [-0.25, -0.2) is 9.59 Å². The Morgan fingerprint density at radius 3 is 1.45 bits per heavy atom. The van der Waals surface area contributed by atoms with Crippen molar-refractivity contribution in [2.45, 2.75) is 46.7 Å². The van der Waals surface area contributed by atoms with Gasteiger partial charge in [0.15, 0.2) is 0 Å². The molecule has 0 aliphatic rings. The van der Waals surface area contributed by atoms with E-state index in [1.807, 2.05) is 99.6 Å². The fourth-order valence-corrected chi connectivity index (χ4v) is 6.27. The summed E-state index contributed by atoms with van der Waals surface area (Å²) in [6.45, 7) is 10.3. The molecule has 0 fully saturated rings. The van der Waals surface area contributed by atoms with Crippen molar-refractivity contribution in [2.24, 2.45) is 0 Å². The molecule has 44 heavy (non-hydrogen) atoms. The number of benzene rings is 4. The maximum absolute atomic E-state index is 12.4. The van der Waals surface area contributed by atoms with Crippen molar-refractivity contribution in [2.75, 3.05) is 6.61 Å². The molecule has 6 aromatic rings. The van der Waals surface area contributed by atoms with Crippen LogP contribution in [0, 0.1) is 13.8 Å². The van der Waals surface area contributed by atoms with Crippen LogP contribution in [0.2, 0.25) is 0 Å². The molecule has 1 N–H and O–H groups in total. The molecule has 2 aromatic heterocycles. The number of hydrogen-bond donors (Lipinski definition) is 1. The number of hydrogen-bond acceptors (Lipinski definition) is 3. The Bertz CT molecular complexity index is 1920. The number of nitrogens with zero attached hydrogens (tertiary/aromatic N) is 2. The Labute approximate surface area is 258 Å². The van der Waals surface area contributed by atoms with Crippen molar-refractivity contribution < 1.29 is 19.4 Å². The molecule has 6 rings (SSSR count). The van der Waals surface area contributed by atoms with E-state index in [1.165, 1.54) is 11.1 Å². The van der Waals surface area contributed by atoms with E-state index < -0.39 is 5.97 Å². The minimum Gasteiger partial charge on any atom is -0.478 e. The van der Waals surface area contributed by atoms with Crippen molar-refractivity contribution in [3.63, 3.8) is 0 Å². The van der Waals surface area contributed by atoms with Crippen molar-refractivity contribution in [1.82, 2.24) is 9.13 Å². The first-order valence-electron chi connectivity index (χ1n) is 15.0. The third-order valence-electron chi connectivity index (χ3n) is 8.34. The molecular formula is C38H38N2O4. The Kier molecular flexibility index (Phi) is 9.00. The molecule has 0 aliphatic heterocycles. The number of fused-ring (bicyclic) bond motifs is 2. The monoisotopic (exact) mass is 586 g/mol. The smallest absolute Gasteiger partial charge is 0.340 e. The number of carboxylic acid groups (broad SMARTS) is 1. The third-order valence-corrected chi connectivity index (χ3v) is 8.34. The molecule has 0 bridgehead atoms. The molecule has 6 nitrogen and oxygen atoms in total. The molecule has 4 aromatic carbocycles. The largest absolute Gasteiger partial charge is 0.478 e. The summed E-state index contributed by atoms with van der Waals surface area (Å²) in [7, 11) is 0. The van der Waals surface area contributed by atoms with E-state index in [-0.39, 0.29) is 18.1 Å². The van der Waals surface area contributed by atoms with Crippen LogP contribution in [0.1, 0.15) is 76.1 Å². The number of carbonyl (C=O) groups is 2. The number of esters is 1. The minimum absolute atomic E-state index is 0.0872. The standard InChI is InChI=1S/C20H21NO2.C18H17NO2/c1-4-23-20(22)19-15(3)21(18-13-9-8-12-17(18)19)14(2)16-10-6-5-7-11-16;1-12(14-8-4-3-5-9-14)19-13(2)17(18(20)21)15-10-6-7-11-16(15)19/h5-14H,4H2,1-3H3;3-12H,1-2H3,(H,20,21). The maximum atomic E-state index is 12.4. The quantitative estimate of drug-likeness (QED) is 0.190. The highest BCUT2D eigenvalue weighted by atomic mass is 16.5. The zero-order valence-corrected chi connectivity index (χ0v) is 25.8. The number of carboxylic acids is 1. The van der Waals surface area contributed by atoms with Crippen molar-refractivity contribution >= 4 is 33.7 Å². The molecule has 2 atom stereocenters. The molecule has 224 valence electrons. The van der Waals surface area contributed by atoms with Crippen LogP contribution in [0.4, 0.5) is 0 Å². The lowest BCUT2D eigenvalue weighted by Gasteiger charge is -2.18. The predicted octanol–water partition coefficient (Wildman–Crippen LogP) is 8.99. The summed E-state index contributed by atoms with van der Waals surface area (Å²) in [5, 5.41) is 11.3. The number of aromatic nitrogens is 2. The average Bonchev–Trinajstić information content (AvgIpc) is 3.51. The van der Waals surface area contributed by atoms with Gasteiger partial charge < -0.3 is 19.0 Å². The highest BCUT2D eigenvalue weighted by Crippen LogP contribution is 2.33. The first-order chi connectivity index (χ1) is 21.3. The van der Waals surface area contributed by atoms with E-state index in [0.29, 0.717) is 17.7 Å². The van der Waals surface area contributed by atoms with Gasteiger partial charge in [0, 0.05) is 33.2 Å². The molecule has 0 saturated carbocycles. The molecule has 0 amide bonds.